The Morgan fingerprint density at radius 2 is 0.613 bits per heavy atom. The second kappa shape index (κ2) is 13.9. The van der Waals surface area contributed by atoms with Crippen molar-refractivity contribution in [2.24, 2.45) is 0 Å². The summed E-state index contributed by atoms with van der Waals surface area (Å²) in [6.07, 6.45) is 0. The Hall–Kier alpha value is -3.21. The van der Waals surface area contributed by atoms with E-state index in [1.54, 1.807) is 36.4 Å². The third-order valence-electron chi connectivity index (χ3n) is 3.47. The van der Waals surface area contributed by atoms with Crippen LogP contribution < -0.4 is 17.2 Å². The number of benzene rings is 3. The zero-order valence-corrected chi connectivity index (χ0v) is 18.3. The quantitative estimate of drug-likeness (QED) is 0.258. The van der Waals surface area contributed by atoms with Gasteiger partial charge in [0.1, 0.15) is 0 Å². The zero-order chi connectivity index (χ0) is 22.7. The van der Waals surface area contributed by atoms with E-state index < -0.39 is 17.9 Å². The second-order valence-electron chi connectivity index (χ2n) is 5.78. The van der Waals surface area contributed by atoms with Crippen LogP contribution in [0.1, 0.15) is 31.1 Å². The minimum atomic E-state index is -0.931. The number of nitrogens with two attached hydrogens (primary N) is 3. The smallest absolute Gasteiger partial charge is 0.335 e. The summed E-state index contributed by atoms with van der Waals surface area (Å²) in [4.78, 5) is 30.8. The summed E-state index contributed by atoms with van der Waals surface area (Å²) < 4.78 is 0. The molecule has 0 aliphatic carbocycles. The molecule has 0 heterocycles. The van der Waals surface area contributed by atoms with Crippen LogP contribution in [-0.2, 0) is 0 Å². The van der Waals surface area contributed by atoms with Crippen LogP contribution in [0.4, 0.5) is 17.1 Å². The van der Waals surface area contributed by atoms with Crippen LogP contribution >= 0.6 is 0 Å². The molecular weight excluding hydrogens is 547 g/mol. The molecule has 3 rings (SSSR count). The minimum absolute atomic E-state index is 0. The van der Waals surface area contributed by atoms with Gasteiger partial charge in [0.25, 0.3) is 0 Å². The van der Waals surface area contributed by atoms with Crippen LogP contribution in [0.25, 0.3) is 0 Å². The molecule has 10 heteroatoms. The van der Waals surface area contributed by atoms with Crippen molar-refractivity contribution >= 4 is 35.0 Å². The van der Waals surface area contributed by atoms with Crippen molar-refractivity contribution in [3.63, 3.8) is 0 Å². The van der Waals surface area contributed by atoms with Crippen molar-refractivity contribution < 1.29 is 69.6 Å². The predicted molar refractivity (Wildman–Crippen MR) is 113 cm³/mol. The van der Waals surface area contributed by atoms with Crippen molar-refractivity contribution in [1.29, 1.82) is 0 Å². The Balaban J connectivity index is 0.000000429. The Kier molecular flexibility index (Phi) is 12.5. The summed E-state index contributed by atoms with van der Waals surface area (Å²) in [7, 11) is 0. The van der Waals surface area contributed by atoms with Crippen molar-refractivity contribution in [2.45, 2.75) is 0 Å². The number of aromatic carboxylic acids is 3. The van der Waals surface area contributed by atoms with Crippen LogP contribution in [0.2, 0.25) is 0 Å². The maximum atomic E-state index is 10.3. The van der Waals surface area contributed by atoms with E-state index in [9.17, 15) is 14.4 Å². The van der Waals surface area contributed by atoms with Gasteiger partial charge in [0.05, 0.1) is 16.7 Å². The standard InChI is InChI=1S/3C7H7NO2.Gd/c3*8-6-3-1-5(2-4-6)7(9)10;/h3*1-4H,8H2,(H,9,10);. The summed E-state index contributed by atoms with van der Waals surface area (Å²) in [5, 5.41) is 25.3. The van der Waals surface area contributed by atoms with Gasteiger partial charge in [-0.25, -0.2) is 14.4 Å². The first-order valence-electron chi connectivity index (χ1n) is 8.36. The molecule has 0 saturated carbocycles. The average molecular weight is 569 g/mol. The molecule has 0 spiro atoms. The van der Waals surface area contributed by atoms with E-state index in [0.717, 1.165) is 0 Å². The molecule has 0 atom stereocenters. The summed E-state index contributed by atoms with van der Waals surface area (Å²) >= 11 is 0. The van der Waals surface area contributed by atoms with E-state index in [2.05, 4.69) is 0 Å². The number of carboxylic acid groups (broad SMARTS) is 3. The summed E-state index contributed by atoms with van der Waals surface area (Å²) in [6, 6.07) is 18.2. The molecular formula is C21H21GdN3O6. The molecule has 9 nitrogen and oxygen atoms in total. The van der Waals surface area contributed by atoms with Crippen LogP contribution in [0.15, 0.2) is 72.8 Å². The van der Waals surface area contributed by atoms with Gasteiger partial charge in [-0.2, -0.15) is 0 Å². The second-order valence-corrected chi connectivity index (χ2v) is 5.78. The molecule has 0 aromatic heterocycles. The Labute approximate surface area is 210 Å². The summed E-state index contributed by atoms with van der Waals surface area (Å²) in [5.74, 6) is -2.79. The SMILES string of the molecule is Nc1ccc(C(=O)O)cc1.Nc1ccc(C(=O)O)cc1.Nc1ccc(C(=O)O)cc1.[Gd]. The summed E-state index contributed by atoms with van der Waals surface area (Å²) in [6.45, 7) is 0. The van der Waals surface area contributed by atoms with Crippen LogP contribution in [0.5, 0.6) is 0 Å². The van der Waals surface area contributed by atoms with Crippen molar-refractivity contribution in [3.8, 4) is 0 Å². The molecule has 0 amide bonds. The van der Waals surface area contributed by atoms with E-state index in [-0.39, 0.29) is 56.6 Å². The maximum Gasteiger partial charge on any atom is 0.335 e. The number of nitrogen functional groups attached to an aromatic ring is 3. The number of hydrogen-bond donors (Lipinski definition) is 6. The largest absolute Gasteiger partial charge is 0.478 e. The molecule has 0 saturated heterocycles. The predicted octanol–water partition coefficient (Wildman–Crippen LogP) is 2.90. The number of hydrogen-bond acceptors (Lipinski definition) is 6. The molecule has 3 aromatic carbocycles. The van der Waals surface area contributed by atoms with E-state index in [4.69, 9.17) is 32.5 Å². The molecule has 0 fully saturated rings. The van der Waals surface area contributed by atoms with Crippen molar-refractivity contribution in [1.82, 2.24) is 0 Å². The topological polar surface area (TPSA) is 190 Å². The fraction of sp³-hybridized carbons (Fsp3) is 0. The Bertz CT molecular complexity index is 859. The van der Waals surface area contributed by atoms with E-state index >= 15 is 0 Å². The van der Waals surface area contributed by atoms with Gasteiger partial charge in [-0.1, -0.05) is 0 Å². The van der Waals surface area contributed by atoms with Gasteiger partial charge in [-0.15, -0.1) is 0 Å². The van der Waals surface area contributed by atoms with E-state index in [0.29, 0.717) is 17.1 Å². The van der Waals surface area contributed by atoms with Gasteiger partial charge >= 0.3 is 17.9 Å². The van der Waals surface area contributed by atoms with Gasteiger partial charge in [0.15, 0.2) is 0 Å². The van der Waals surface area contributed by atoms with Crippen LogP contribution in [-0.4, -0.2) is 33.2 Å². The van der Waals surface area contributed by atoms with Crippen LogP contribution in [0.3, 0.4) is 0 Å². The van der Waals surface area contributed by atoms with Gasteiger partial charge in [-0.3, -0.25) is 0 Å². The maximum absolute atomic E-state index is 10.3. The molecule has 0 bridgehead atoms. The third-order valence-corrected chi connectivity index (χ3v) is 3.47. The molecule has 0 radical (unpaired) electrons. The van der Waals surface area contributed by atoms with Crippen molar-refractivity contribution in [3.05, 3.63) is 89.5 Å². The van der Waals surface area contributed by atoms with Crippen LogP contribution in [0, 0.1) is 39.9 Å². The van der Waals surface area contributed by atoms with E-state index in [1.165, 1.54) is 36.4 Å². The Morgan fingerprint density at radius 3 is 0.742 bits per heavy atom. The van der Waals surface area contributed by atoms with Gasteiger partial charge < -0.3 is 32.5 Å². The molecule has 3 aromatic rings. The average Bonchev–Trinajstić information content (AvgIpc) is 2.70. The molecule has 0 aliphatic heterocycles. The van der Waals surface area contributed by atoms with Gasteiger partial charge in [-0.05, 0) is 72.8 Å². The fourth-order valence-corrected chi connectivity index (χ4v) is 1.88. The van der Waals surface area contributed by atoms with Crippen molar-refractivity contribution in [2.75, 3.05) is 17.2 Å². The molecule has 31 heavy (non-hydrogen) atoms. The summed E-state index contributed by atoms with van der Waals surface area (Å²) in [5.41, 5.74) is 18.5. The number of anilines is 3. The fourth-order valence-electron chi connectivity index (χ4n) is 1.88. The molecule has 9 N–H and O–H groups in total. The molecule has 164 valence electrons. The van der Waals surface area contributed by atoms with Gasteiger partial charge in [0.2, 0.25) is 0 Å². The number of rotatable bonds is 3. The minimum Gasteiger partial charge on any atom is -0.478 e. The number of carboxylic acids is 3. The third kappa shape index (κ3) is 10.9. The van der Waals surface area contributed by atoms with Gasteiger partial charge in [0, 0.05) is 57.0 Å². The van der Waals surface area contributed by atoms with E-state index in [1.807, 2.05) is 0 Å². The first-order chi connectivity index (χ1) is 14.1. The zero-order valence-electron chi connectivity index (χ0n) is 16.1. The molecule has 0 unspecified atom stereocenters. The number of carbonyl (C=O) groups is 3. The monoisotopic (exact) mass is 569 g/mol. The first kappa shape index (κ1) is 27.8. The first-order valence-corrected chi connectivity index (χ1v) is 8.36. The molecule has 0 aliphatic rings. The Morgan fingerprint density at radius 1 is 0.452 bits per heavy atom. The normalized spacial score (nSPS) is 8.90.